The van der Waals surface area contributed by atoms with Crippen molar-refractivity contribution in [1.29, 1.82) is 0 Å². The zero-order valence-electron chi connectivity index (χ0n) is 11.2. The molecule has 3 rings (SSSR count). The maximum absolute atomic E-state index is 13.8. The van der Waals surface area contributed by atoms with Crippen LogP contribution in [0.3, 0.4) is 0 Å². The van der Waals surface area contributed by atoms with E-state index in [1.807, 2.05) is 0 Å². The van der Waals surface area contributed by atoms with E-state index in [1.54, 1.807) is 36.5 Å². The summed E-state index contributed by atoms with van der Waals surface area (Å²) in [5.74, 6) is -0.324. The second-order valence-electron chi connectivity index (χ2n) is 4.83. The van der Waals surface area contributed by atoms with Gasteiger partial charge in [-0.1, -0.05) is 18.2 Å². The van der Waals surface area contributed by atoms with Gasteiger partial charge in [-0.25, -0.2) is 12.8 Å². The first-order valence-electron chi connectivity index (χ1n) is 6.30. The first-order chi connectivity index (χ1) is 9.95. The van der Waals surface area contributed by atoms with E-state index in [-0.39, 0.29) is 10.7 Å². The van der Waals surface area contributed by atoms with Crippen LogP contribution in [0.25, 0.3) is 22.0 Å². The third-order valence-corrected chi connectivity index (χ3v) is 4.42. The number of benzene rings is 2. The Morgan fingerprint density at radius 2 is 1.71 bits per heavy atom. The van der Waals surface area contributed by atoms with Gasteiger partial charge in [-0.15, -0.1) is 0 Å². The lowest BCUT2D eigenvalue weighted by Gasteiger charge is -2.05. The SMILES string of the molecule is CS(=O)(=O)c1ccc(-c2cnc3cccc(F)c3c2)cc1. The topological polar surface area (TPSA) is 47.0 Å². The Hall–Kier alpha value is -2.27. The van der Waals surface area contributed by atoms with E-state index in [4.69, 9.17) is 0 Å². The van der Waals surface area contributed by atoms with E-state index in [1.165, 1.54) is 18.2 Å². The van der Waals surface area contributed by atoms with Crippen LogP contribution in [-0.4, -0.2) is 19.7 Å². The predicted molar refractivity (Wildman–Crippen MR) is 80.2 cm³/mol. The molecule has 1 heterocycles. The number of hydrogen-bond donors (Lipinski definition) is 0. The molecule has 0 saturated heterocycles. The fraction of sp³-hybridized carbons (Fsp3) is 0.0625. The maximum atomic E-state index is 13.8. The maximum Gasteiger partial charge on any atom is 0.175 e. The van der Waals surface area contributed by atoms with Gasteiger partial charge in [-0.2, -0.15) is 0 Å². The van der Waals surface area contributed by atoms with Crippen LogP contribution in [0, 0.1) is 5.82 Å². The molecule has 3 aromatic rings. The smallest absolute Gasteiger partial charge is 0.175 e. The summed E-state index contributed by atoms with van der Waals surface area (Å²) < 4.78 is 36.7. The standard InChI is InChI=1S/C16H12FNO2S/c1-21(19,20)13-7-5-11(6-8-13)12-9-14-15(17)3-2-4-16(14)18-10-12/h2-10H,1H3. The van der Waals surface area contributed by atoms with Crippen LogP contribution in [0.1, 0.15) is 0 Å². The lowest BCUT2D eigenvalue weighted by atomic mass is 10.1. The predicted octanol–water partition coefficient (Wildman–Crippen LogP) is 3.44. The minimum Gasteiger partial charge on any atom is -0.256 e. The average molecular weight is 301 g/mol. The first-order valence-corrected chi connectivity index (χ1v) is 8.19. The summed E-state index contributed by atoms with van der Waals surface area (Å²) in [5, 5.41) is 0.446. The highest BCUT2D eigenvalue weighted by molar-refractivity contribution is 7.90. The van der Waals surface area contributed by atoms with Crippen LogP contribution in [0.2, 0.25) is 0 Å². The van der Waals surface area contributed by atoms with Gasteiger partial charge in [-0.3, -0.25) is 4.98 Å². The lowest BCUT2D eigenvalue weighted by molar-refractivity contribution is 0.602. The summed E-state index contributed by atoms with van der Waals surface area (Å²) in [7, 11) is -3.22. The molecule has 0 radical (unpaired) electrons. The molecule has 0 N–H and O–H groups in total. The zero-order chi connectivity index (χ0) is 15.0. The molecule has 0 unspecified atom stereocenters. The minimum absolute atomic E-state index is 0.256. The summed E-state index contributed by atoms with van der Waals surface area (Å²) in [5.41, 5.74) is 2.12. The largest absolute Gasteiger partial charge is 0.256 e. The van der Waals surface area contributed by atoms with Gasteiger partial charge in [0.2, 0.25) is 0 Å². The van der Waals surface area contributed by atoms with E-state index < -0.39 is 9.84 Å². The van der Waals surface area contributed by atoms with Crippen LogP contribution in [0.4, 0.5) is 4.39 Å². The van der Waals surface area contributed by atoms with Gasteiger partial charge >= 0.3 is 0 Å². The van der Waals surface area contributed by atoms with Gasteiger partial charge < -0.3 is 0 Å². The molecule has 0 saturated carbocycles. The van der Waals surface area contributed by atoms with Crippen molar-refractivity contribution in [2.45, 2.75) is 4.90 Å². The quantitative estimate of drug-likeness (QED) is 0.728. The molecule has 1 aromatic heterocycles. The first kappa shape index (κ1) is 13.7. The summed E-state index contributed by atoms with van der Waals surface area (Å²) in [6.07, 6.45) is 2.81. The molecular weight excluding hydrogens is 289 g/mol. The highest BCUT2D eigenvalue weighted by Gasteiger charge is 2.08. The molecule has 0 atom stereocenters. The summed E-state index contributed by atoms with van der Waals surface area (Å²) in [4.78, 5) is 4.49. The van der Waals surface area contributed by atoms with E-state index in [2.05, 4.69) is 4.98 Å². The van der Waals surface area contributed by atoms with Gasteiger partial charge in [-0.05, 0) is 35.9 Å². The Labute approximate surface area is 122 Å². The normalized spacial score (nSPS) is 11.7. The second kappa shape index (κ2) is 4.93. The minimum atomic E-state index is -3.22. The van der Waals surface area contributed by atoms with Crippen molar-refractivity contribution in [3.8, 4) is 11.1 Å². The van der Waals surface area contributed by atoms with Crippen molar-refractivity contribution in [3.05, 3.63) is 60.5 Å². The molecule has 5 heteroatoms. The van der Waals surface area contributed by atoms with Crippen molar-refractivity contribution < 1.29 is 12.8 Å². The molecule has 0 aliphatic heterocycles. The van der Waals surface area contributed by atoms with Crippen molar-refractivity contribution in [2.75, 3.05) is 6.26 Å². The van der Waals surface area contributed by atoms with Gasteiger partial charge in [0.05, 0.1) is 10.4 Å². The molecule has 0 amide bonds. The van der Waals surface area contributed by atoms with Gasteiger partial charge in [0.15, 0.2) is 9.84 Å². The number of halogens is 1. The highest BCUT2D eigenvalue weighted by atomic mass is 32.2. The van der Waals surface area contributed by atoms with Gasteiger partial charge in [0, 0.05) is 23.4 Å². The second-order valence-corrected chi connectivity index (χ2v) is 6.84. The number of hydrogen-bond acceptors (Lipinski definition) is 3. The highest BCUT2D eigenvalue weighted by Crippen LogP contribution is 2.25. The van der Waals surface area contributed by atoms with Crippen LogP contribution in [0.5, 0.6) is 0 Å². The number of pyridine rings is 1. The Balaban J connectivity index is 2.10. The number of sulfone groups is 1. The molecule has 0 aliphatic carbocycles. The Morgan fingerprint density at radius 1 is 1.00 bits per heavy atom. The number of aromatic nitrogens is 1. The molecule has 0 fully saturated rings. The van der Waals surface area contributed by atoms with Crippen LogP contribution in [0.15, 0.2) is 59.6 Å². The van der Waals surface area contributed by atoms with Gasteiger partial charge in [0.1, 0.15) is 5.82 Å². The van der Waals surface area contributed by atoms with Crippen molar-refractivity contribution >= 4 is 20.7 Å². The van der Waals surface area contributed by atoms with Gasteiger partial charge in [0.25, 0.3) is 0 Å². The number of rotatable bonds is 2. The third kappa shape index (κ3) is 2.64. The van der Waals surface area contributed by atoms with E-state index in [0.717, 1.165) is 17.4 Å². The Morgan fingerprint density at radius 3 is 2.38 bits per heavy atom. The lowest BCUT2D eigenvalue weighted by Crippen LogP contribution is -1.96. The van der Waals surface area contributed by atoms with Crippen LogP contribution in [-0.2, 0) is 9.84 Å². The fourth-order valence-corrected chi connectivity index (χ4v) is 2.80. The van der Waals surface area contributed by atoms with Crippen LogP contribution >= 0.6 is 0 Å². The number of fused-ring (bicyclic) bond motifs is 1. The fourth-order valence-electron chi connectivity index (χ4n) is 2.17. The molecule has 0 bridgehead atoms. The van der Waals surface area contributed by atoms with Crippen molar-refractivity contribution in [3.63, 3.8) is 0 Å². The molecule has 0 spiro atoms. The number of nitrogens with zero attached hydrogens (tertiary/aromatic N) is 1. The molecule has 3 nitrogen and oxygen atoms in total. The van der Waals surface area contributed by atoms with E-state index >= 15 is 0 Å². The van der Waals surface area contributed by atoms with E-state index in [9.17, 15) is 12.8 Å². The van der Waals surface area contributed by atoms with Crippen LogP contribution < -0.4 is 0 Å². The summed E-state index contributed by atoms with van der Waals surface area (Å²) in [6.45, 7) is 0. The summed E-state index contributed by atoms with van der Waals surface area (Å²) >= 11 is 0. The Bertz CT molecular complexity index is 919. The molecular formula is C16H12FNO2S. The third-order valence-electron chi connectivity index (χ3n) is 3.29. The van der Waals surface area contributed by atoms with Crippen molar-refractivity contribution in [1.82, 2.24) is 4.98 Å². The Kier molecular flexibility index (Phi) is 3.22. The molecule has 2 aromatic carbocycles. The zero-order valence-corrected chi connectivity index (χ0v) is 12.1. The monoisotopic (exact) mass is 301 g/mol. The van der Waals surface area contributed by atoms with Crippen molar-refractivity contribution in [2.24, 2.45) is 0 Å². The van der Waals surface area contributed by atoms with E-state index in [0.29, 0.717) is 10.9 Å². The molecule has 0 aliphatic rings. The molecule has 21 heavy (non-hydrogen) atoms. The molecule has 106 valence electrons. The average Bonchev–Trinajstić information content (AvgIpc) is 2.47. The summed E-state index contributed by atoms with van der Waals surface area (Å²) in [6, 6.07) is 12.9.